The third kappa shape index (κ3) is 4.97. The van der Waals surface area contributed by atoms with Gasteiger partial charge in [-0.1, -0.05) is 31.0 Å². The highest BCUT2D eigenvalue weighted by molar-refractivity contribution is 5.79. The number of rotatable bonds is 5. The maximum absolute atomic E-state index is 12.6. The SMILES string of the molecule is O=C(CCOc1ccccc1)N1CCCN(C(=O)C2CCCC2)CC1. The van der Waals surface area contributed by atoms with Gasteiger partial charge in [0.05, 0.1) is 13.0 Å². The zero-order valence-corrected chi connectivity index (χ0v) is 14.9. The molecule has 5 nitrogen and oxygen atoms in total. The maximum Gasteiger partial charge on any atom is 0.226 e. The summed E-state index contributed by atoms with van der Waals surface area (Å²) in [4.78, 5) is 28.8. The Balaban J connectivity index is 1.42. The quantitative estimate of drug-likeness (QED) is 0.825. The maximum atomic E-state index is 12.6. The molecular formula is C20H28N2O3. The Morgan fingerprint density at radius 3 is 2.36 bits per heavy atom. The Morgan fingerprint density at radius 1 is 0.920 bits per heavy atom. The first kappa shape index (κ1) is 17.8. The van der Waals surface area contributed by atoms with Gasteiger partial charge >= 0.3 is 0 Å². The van der Waals surface area contributed by atoms with Gasteiger partial charge in [-0.15, -0.1) is 0 Å². The Morgan fingerprint density at radius 2 is 1.60 bits per heavy atom. The van der Waals surface area contributed by atoms with Crippen molar-refractivity contribution in [2.45, 2.75) is 38.5 Å². The minimum absolute atomic E-state index is 0.117. The summed E-state index contributed by atoms with van der Waals surface area (Å²) in [6.07, 6.45) is 5.67. The highest BCUT2D eigenvalue weighted by atomic mass is 16.5. The molecule has 136 valence electrons. The van der Waals surface area contributed by atoms with Crippen LogP contribution in [0.2, 0.25) is 0 Å². The van der Waals surface area contributed by atoms with Gasteiger partial charge in [-0.3, -0.25) is 9.59 Å². The van der Waals surface area contributed by atoms with Crippen LogP contribution in [-0.4, -0.2) is 54.4 Å². The normalized spacial score (nSPS) is 18.9. The van der Waals surface area contributed by atoms with Crippen molar-refractivity contribution in [1.82, 2.24) is 9.80 Å². The molecule has 3 rings (SSSR count). The van der Waals surface area contributed by atoms with E-state index < -0.39 is 0 Å². The molecule has 0 atom stereocenters. The van der Waals surface area contributed by atoms with E-state index >= 15 is 0 Å². The molecule has 1 aromatic rings. The van der Waals surface area contributed by atoms with Crippen LogP contribution in [0.3, 0.4) is 0 Å². The van der Waals surface area contributed by atoms with Crippen molar-refractivity contribution in [3.05, 3.63) is 30.3 Å². The Labute approximate surface area is 149 Å². The number of carbonyl (C=O) groups is 2. The summed E-state index contributed by atoms with van der Waals surface area (Å²) >= 11 is 0. The van der Waals surface area contributed by atoms with E-state index in [2.05, 4.69) is 0 Å². The van der Waals surface area contributed by atoms with Crippen molar-refractivity contribution in [2.75, 3.05) is 32.8 Å². The highest BCUT2D eigenvalue weighted by Gasteiger charge is 2.29. The summed E-state index contributed by atoms with van der Waals surface area (Å²) in [5.41, 5.74) is 0. The molecule has 1 heterocycles. The summed E-state index contributed by atoms with van der Waals surface area (Å²) in [5.74, 6) is 1.44. The lowest BCUT2D eigenvalue weighted by Crippen LogP contribution is -2.39. The molecule has 1 aromatic carbocycles. The second-order valence-corrected chi connectivity index (χ2v) is 6.95. The first-order chi connectivity index (χ1) is 12.2. The summed E-state index contributed by atoms with van der Waals surface area (Å²) in [6, 6.07) is 9.56. The van der Waals surface area contributed by atoms with Crippen molar-refractivity contribution < 1.29 is 14.3 Å². The van der Waals surface area contributed by atoms with E-state index in [4.69, 9.17) is 4.74 Å². The van der Waals surface area contributed by atoms with Crippen LogP contribution >= 0.6 is 0 Å². The van der Waals surface area contributed by atoms with Crippen molar-refractivity contribution in [3.8, 4) is 5.75 Å². The van der Waals surface area contributed by atoms with Gasteiger partial charge in [-0.25, -0.2) is 0 Å². The van der Waals surface area contributed by atoms with Gasteiger partial charge in [0.1, 0.15) is 5.75 Å². The average molecular weight is 344 g/mol. The molecule has 1 aliphatic heterocycles. The summed E-state index contributed by atoms with van der Waals surface area (Å²) in [5, 5.41) is 0. The number of hydrogen-bond acceptors (Lipinski definition) is 3. The van der Waals surface area contributed by atoms with Gasteiger partial charge in [-0.05, 0) is 31.4 Å². The molecule has 0 bridgehead atoms. The number of hydrogen-bond donors (Lipinski definition) is 0. The first-order valence-electron chi connectivity index (χ1n) is 9.48. The number of para-hydroxylation sites is 1. The van der Waals surface area contributed by atoms with Crippen LogP contribution in [0.5, 0.6) is 5.75 Å². The van der Waals surface area contributed by atoms with Crippen molar-refractivity contribution in [2.24, 2.45) is 5.92 Å². The van der Waals surface area contributed by atoms with Gasteiger partial charge in [0.15, 0.2) is 0 Å². The van der Waals surface area contributed by atoms with Crippen LogP contribution in [-0.2, 0) is 9.59 Å². The molecule has 0 unspecified atom stereocenters. The molecule has 2 amide bonds. The van der Waals surface area contributed by atoms with Crippen molar-refractivity contribution in [3.63, 3.8) is 0 Å². The second-order valence-electron chi connectivity index (χ2n) is 6.95. The fraction of sp³-hybridized carbons (Fsp3) is 0.600. The predicted octanol–water partition coefficient (Wildman–Crippen LogP) is 2.71. The van der Waals surface area contributed by atoms with E-state index in [9.17, 15) is 9.59 Å². The van der Waals surface area contributed by atoms with Gasteiger partial charge < -0.3 is 14.5 Å². The zero-order chi connectivity index (χ0) is 17.5. The Hall–Kier alpha value is -2.04. The number of carbonyl (C=O) groups excluding carboxylic acids is 2. The molecule has 1 saturated heterocycles. The van der Waals surface area contributed by atoms with Crippen LogP contribution in [0, 0.1) is 5.92 Å². The average Bonchev–Trinajstić information content (AvgIpc) is 3.06. The molecule has 0 spiro atoms. The van der Waals surface area contributed by atoms with E-state index in [1.807, 2.05) is 40.1 Å². The molecule has 2 aliphatic rings. The molecule has 0 N–H and O–H groups in total. The summed E-state index contributed by atoms with van der Waals surface area (Å²) in [7, 11) is 0. The Bertz CT molecular complexity index is 570. The first-order valence-corrected chi connectivity index (χ1v) is 9.48. The molecular weight excluding hydrogens is 316 g/mol. The van der Waals surface area contributed by atoms with Crippen LogP contribution in [0.15, 0.2) is 30.3 Å². The van der Waals surface area contributed by atoms with Gasteiger partial charge in [-0.2, -0.15) is 0 Å². The molecule has 1 aliphatic carbocycles. The fourth-order valence-corrected chi connectivity index (χ4v) is 3.75. The lowest BCUT2D eigenvalue weighted by molar-refractivity contribution is -0.136. The smallest absolute Gasteiger partial charge is 0.226 e. The standard InChI is InChI=1S/C20H28N2O3/c23-19(11-16-25-18-9-2-1-3-10-18)21-12-6-13-22(15-14-21)20(24)17-7-4-5-8-17/h1-3,9-10,17H,4-8,11-16H2. The van der Waals surface area contributed by atoms with E-state index in [-0.39, 0.29) is 11.8 Å². The van der Waals surface area contributed by atoms with Crippen molar-refractivity contribution in [1.29, 1.82) is 0 Å². The third-order valence-corrected chi connectivity index (χ3v) is 5.19. The second kappa shape index (κ2) is 8.88. The van der Waals surface area contributed by atoms with Gasteiger partial charge in [0, 0.05) is 32.1 Å². The predicted molar refractivity (Wildman–Crippen MR) is 96.3 cm³/mol. The molecule has 1 saturated carbocycles. The van der Waals surface area contributed by atoms with Crippen LogP contribution in [0.25, 0.3) is 0 Å². The lowest BCUT2D eigenvalue weighted by atomic mass is 10.1. The molecule has 0 radical (unpaired) electrons. The Kier molecular flexibility index (Phi) is 6.31. The van der Waals surface area contributed by atoms with E-state index in [1.165, 1.54) is 12.8 Å². The minimum atomic E-state index is 0.117. The number of ether oxygens (including phenoxy) is 1. The molecule has 25 heavy (non-hydrogen) atoms. The molecule has 5 heteroatoms. The molecule has 2 fully saturated rings. The van der Waals surface area contributed by atoms with Crippen molar-refractivity contribution >= 4 is 11.8 Å². The van der Waals surface area contributed by atoms with Crippen LogP contribution in [0.4, 0.5) is 0 Å². The van der Waals surface area contributed by atoms with E-state index in [0.717, 1.165) is 38.1 Å². The lowest BCUT2D eigenvalue weighted by Gasteiger charge is -2.24. The fourth-order valence-electron chi connectivity index (χ4n) is 3.75. The number of amides is 2. The summed E-state index contributed by atoms with van der Waals surface area (Å²) in [6.45, 7) is 3.21. The third-order valence-electron chi connectivity index (χ3n) is 5.19. The van der Waals surface area contributed by atoms with E-state index in [0.29, 0.717) is 32.0 Å². The van der Waals surface area contributed by atoms with Gasteiger partial charge in [0.2, 0.25) is 11.8 Å². The monoisotopic (exact) mass is 344 g/mol. The summed E-state index contributed by atoms with van der Waals surface area (Å²) < 4.78 is 5.61. The topological polar surface area (TPSA) is 49.9 Å². The zero-order valence-electron chi connectivity index (χ0n) is 14.9. The number of nitrogens with zero attached hydrogens (tertiary/aromatic N) is 2. The van der Waals surface area contributed by atoms with Gasteiger partial charge in [0.25, 0.3) is 0 Å². The largest absolute Gasteiger partial charge is 0.493 e. The van der Waals surface area contributed by atoms with Crippen LogP contribution in [0.1, 0.15) is 38.5 Å². The van der Waals surface area contributed by atoms with E-state index in [1.54, 1.807) is 0 Å². The minimum Gasteiger partial charge on any atom is -0.493 e. The number of benzene rings is 1. The van der Waals surface area contributed by atoms with Crippen LogP contribution < -0.4 is 4.74 Å². The highest BCUT2D eigenvalue weighted by Crippen LogP contribution is 2.27. The molecule has 0 aromatic heterocycles.